The predicted molar refractivity (Wildman–Crippen MR) is 138 cm³/mol. The van der Waals surface area contributed by atoms with Gasteiger partial charge in [-0.25, -0.2) is 0 Å². The number of rotatable bonds is 10. The Morgan fingerprint density at radius 2 is 2.03 bits per heavy atom. The topological polar surface area (TPSA) is 96.4 Å². The number of fused-ring (bicyclic) bond motifs is 1. The SMILES string of the molecule is C=CCN(C(=O)C1N([C@@H](CO)CC(C)C)C(=O)[C@@H]2[C@@H](C(=O)OCC)[C@@H]3OC12CC3Br)C1CCCCC1. The number of hydrogen-bond donors (Lipinski definition) is 1. The second kappa shape index (κ2) is 11.1. The van der Waals surface area contributed by atoms with E-state index in [9.17, 15) is 19.5 Å². The monoisotopic (exact) mass is 568 g/mol. The Kier molecular flexibility index (Phi) is 8.52. The Hall–Kier alpha value is -1.45. The Morgan fingerprint density at radius 3 is 2.61 bits per heavy atom. The van der Waals surface area contributed by atoms with Crippen molar-refractivity contribution < 1.29 is 29.0 Å². The van der Waals surface area contributed by atoms with Crippen molar-refractivity contribution in [2.24, 2.45) is 17.8 Å². The van der Waals surface area contributed by atoms with Crippen LogP contribution in [0.2, 0.25) is 0 Å². The first-order chi connectivity index (χ1) is 17.2. The van der Waals surface area contributed by atoms with E-state index >= 15 is 0 Å². The molecule has 2 amide bonds. The van der Waals surface area contributed by atoms with E-state index in [0.29, 0.717) is 19.4 Å². The number of aliphatic hydroxyl groups excluding tert-OH is 1. The van der Waals surface area contributed by atoms with Crippen LogP contribution in [0.1, 0.15) is 65.7 Å². The average Bonchev–Trinajstić information content (AvgIpc) is 3.44. The van der Waals surface area contributed by atoms with Crippen molar-refractivity contribution in [2.45, 2.75) is 100 Å². The van der Waals surface area contributed by atoms with Crippen LogP contribution in [0.5, 0.6) is 0 Å². The molecule has 1 aliphatic carbocycles. The molecule has 3 saturated heterocycles. The molecule has 0 radical (unpaired) electrons. The van der Waals surface area contributed by atoms with Crippen LogP contribution in [0, 0.1) is 17.8 Å². The summed E-state index contributed by atoms with van der Waals surface area (Å²) < 4.78 is 11.9. The summed E-state index contributed by atoms with van der Waals surface area (Å²) in [5.41, 5.74) is -1.14. The molecule has 4 rings (SSSR count). The Morgan fingerprint density at radius 1 is 1.33 bits per heavy atom. The van der Waals surface area contributed by atoms with Crippen LogP contribution in [0.4, 0.5) is 0 Å². The van der Waals surface area contributed by atoms with Gasteiger partial charge in [-0.2, -0.15) is 0 Å². The molecule has 3 heterocycles. The quantitative estimate of drug-likeness (QED) is 0.247. The molecule has 1 spiro atoms. The summed E-state index contributed by atoms with van der Waals surface area (Å²) in [6.07, 6.45) is 7.32. The molecule has 3 aliphatic heterocycles. The number of esters is 1. The van der Waals surface area contributed by atoms with Crippen molar-refractivity contribution in [3.8, 4) is 0 Å². The second-order valence-corrected chi connectivity index (χ2v) is 12.4. The van der Waals surface area contributed by atoms with Gasteiger partial charge in [0.25, 0.3) is 0 Å². The van der Waals surface area contributed by atoms with Crippen LogP contribution in [0.3, 0.4) is 0 Å². The molecule has 2 bridgehead atoms. The molecule has 1 saturated carbocycles. The van der Waals surface area contributed by atoms with Crippen molar-refractivity contribution in [3.05, 3.63) is 12.7 Å². The highest BCUT2D eigenvalue weighted by Crippen LogP contribution is 2.61. The molecule has 8 nitrogen and oxygen atoms in total. The zero-order valence-electron chi connectivity index (χ0n) is 21.7. The largest absolute Gasteiger partial charge is 0.466 e. The summed E-state index contributed by atoms with van der Waals surface area (Å²) in [4.78, 5) is 45.1. The third kappa shape index (κ3) is 4.53. The number of carbonyl (C=O) groups excluding carboxylic acids is 3. The number of hydrogen-bond acceptors (Lipinski definition) is 6. The van der Waals surface area contributed by atoms with Gasteiger partial charge < -0.3 is 24.4 Å². The van der Waals surface area contributed by atoms with Gasteiger partial charge in [0.1, 0.15) is 11.6 Å². The van der Waals surface area contributed by atoms with E-state index in [4.69, 9.17) is 9.47 Å². The van der Waals surface area contributed by atoms with Gasteiger partial charge in [-0.15, -0.1) is 6.58 Å². The number of alkyl halides is 1. The maximum Gasteiger partial charge on any atom is 0.312 e. The number of nitrogens with zero attached hydrogens (tertiary/aromatic N) is 2. The van der Waals surface area contributed by atoms with E-state index in [0.717, 1.165) is 32.1 Å². The van der Waals surface area contributed by atoms with Crippen molar-refractivity contribution in [3.63, 3.8) is 0 Å². The van der Waals surface area contributed by atoms with Gasteiger partial charge in [-0.1, -0.05) is 55.1 Å². The lowest BCUT2D eigenvalue weighted by Crippen LogP contribution is -2.60. The molecule has 9 heteroatoms. The van der Waals surface area contributed by atoms with Crippen LogP contribution in [0.25, 0.3) is 0 Å². The summed E-state index contributed by atoms with van der Waals surface area (Å²) in [5.74, 6) is -2.29. The fourth-order valence-corrected chi connectivity index (χ4v) is 8.12. The summed E-state index contributed by atoms with van der Waals surface area (Å²) in [6, 6.07) is -1.37. The molecule has 0 aromatic heterocycles. The van der Waals surface area contributed by atoms with Gasteiger partial charge in [0.05, 0.1) is 37.2 Å². The predicted octanol–water partition coefficient (Wildman–Crippen LogP) is 3.05. The van der Waals surface area contributed by atoms with E-state index in [2.05, 4.69) is 22.5 Å². The number of carbonyl (C=O) groups is 3. The maximum absolute atomic E-state index is 14.5. The molecule has 3 unspecified atom stereocenters. The lowest BCUT2D eigenvalue weighted by Gasteiger charge is -2.42. The molecule has 0 aromatic rings. The molecular weight excluding hydrogens is 528 g/mol. The van der Waals surface area contributed by atoms with Crippen molar-refractivity contribution in [2.75, 3.05) is 19.8 Å². The average molecular weight is 570 g/mol. The van der Waals surface area contributed by atoms with Gasteiger partial charge >= 0.3 is 5.97 Å². The Balaban J connectivity index is 1.79. The van der Waals surface area contributed by atoms with Crippen molar-refractivity contribution in [1.29, 1.82) is 0 Å². The van der Waals surface area contributed by atoms with Crippen LogP contribution in [0.15, 0.2) is 12.7 Å². The fourth-order valence-electron chi connectivity index (χ4n) is 7.18. The normalized spacial score (nSPS) is 34.7. The van der Waals surface area contributed by atoms with Gasteiger partial charge in [-0.3, -0.25) is 14.4 Å². The fraction of sp³-hybridized carbons (Fsp3) is 0.815. The minimum atomic E-state index is -1.14. The molecule has 36 heavy (non-hydrogen) atoms. The minimum absolute atomic E-state index is 0.0774. The first-order valence-corrected chi connectivity index (χ1v) is 14.5. The Bertz CT molecular complexity index is 861. The van der Waals surface area contributed by atoms with Crippen LogP contribution in [-0.4, -0.2) is 87.1 Å². The molecule has 7 atom stereocenters. The van der Waals surface area contributed by atoms with Crippen molar-refractivity contribution in [1.82, 2.24) is 9.80 Å². The van der Waals surface area contributed by atoms with Gasteiger partial charge in [0.2, 0.25) is 11.8 Å². The first-order valence-electron chi connectivity index (χ1n) is 13.5. The van der Waals surface area contributed by atoms with Crippen molar-refractivity contribution >= 4 is 33.7 Å². The summed E-state index contributed by atoms with van der Waals surface area (Å²) >= 11 is 3.69. The van der Waals surface area contributed by atoms with Gasteiger partial charge in [0.15, 0.2) is 0 Å². The highest BCUT2D eigenvalue weighted by Gasteiger charge is 2.77. The third-order valence-electron chi connectivity index (χ3n) is 8.49. The highest BCUT2D eigenvalue weighted by molar-refractivity contribution is 9.09. The molecule has 4 fully saturated rings. The van der Waals surface area contributed by atoms with Crippen LogP contribution >= 0.6 is 15.9 Å². The van der Waals surface area contributed by atoms with E-state index in [-0.39, 0.29) is 41.8 Å². The lowest BCUT2D eigenvalue weighted by molar-refractivity contribution is -0.157. The smallest absolute Gasteiger partial charge is 0.312 e. The van der Waals surface area contributed by atoms with Gasteiger partial charge in [-0.05, 0) is 38.5 Å². The van der Waals surface area contributed by atoms with Crippen LogP contribution in [-0.2, 0) is 23.9 Å². The van der Waals surface area contributed by atoms with E-state index in [1.807, 2.05) is 18.7 Å². The number of halogens is 1. The number of aliphatic hydroxyl groups is 1. The first kappa shape index (κ1) is 27.6. The third-order valence-corrected chi connectivity index (χ3v) is 9.34. The minimum Gasteiger partial charge on any atom is -0.466 e. The number of likely N-dealkylation sites (tertiary alicyclic amines) is 1. The Labute approximate surface area is 222 Å². The number of amides is 2. The molecule has 1 N–H and O–H groups in total. The van der Waals surface area contributed by atoms with Crippen LogP contribution < -0.4 is 0 Å². The molecule has 4 aliphatic rings. The zero-order chi connectivity index (χ0) is 26.2. The van der Waals surface area contributed by atoms with E-state index < -0.39 is 41.6 Å². The summed E-state index contributed by atoms with van der Waals surface area (Å²) in [7, 11) is 0. The second-order valence-electron chi connectivity index (χ2n) is 11.2. The van der Waals surface area contributed by atoms with Gasteiger partial charge in [0, 0.05) is 17.4 Å². The van der Waals surface area contributed by atoms with E-state index in [1.165, 1.54) is 0 Å². The molecule has 202 valence electrons. The zero-order valence-corrected chi connectivity index (χ0v) is 23.3. The lowest BCUT2D eigenvalue weighted by atomic mass is 9.70. The number of ether oxygens (including phenoxy) is 2. The standard InChI is InChI=1S/C27H41BrN2O6/c1-5-12-29(17-10-8-7-9-11-17)25(33)23-27-14-19(28)22(36-27)20(26(34)35-6-2)21(27)24(32)30(23)18(15-31)13-16(3)4/h5,16-23,31H,1,6-15H2,2-4H3/t18-,19?,20-,21+,22-,23?,27?/m1/s1. The molecule has 0 aromatic carbocycles. The maximum atomic E-state index is 14.5. The summed E-state index contributed by atoms with van der Waals surface area (Å²) in [5, 5.41) is 10.4. The summed E-state index contributed by atoms with van der Waals surface area (Å²) in [6.45, 7) is 10.0. The van der Waals surface area contributed by atoms with E-state index in [1.54, 1.807) is 17.9 Å². The highest BCUT2D eigenvalue weighted by atomic mass is 79.9. The molecular formula is C27H41BrN2O6.